The van der Waals surface area contributed by atoms with Crippen molar-refractivity contribution >= 4 is 19.7 Å². The van der Waals surface area contributed by atoms with Crippen LogP contribution in [0.25, 0.3) is 0 Å². The van der Waals surface area contributed by atoms with Gasteiger partial charge in [-0.25, -0.2) is 12.8 Å². The molecule has 90 valence electrons. The van der Waals surface area contributed by atoms with E-state index in [-0.39, 0.29) is 0 Å². The smallest absolute Gasteiger partial charge is 0.236 e. The van der Waals surface area contributed by atoms with E-state index in [2.05, 4.69) is 0 Å². The molecule has 3 nitrogen and oxygen atoms in total. The summed E-state index contributed by atoms with van der Waals surface area (Å²) in [5.74, 6) is -0.554. The lowest BCUT2D eigenvalue weighted by Crippen LogP contribution is -2.03. The van der Waals surface area contributed by atoms with Gasteiger partial charge in [0.25, 0.3) is 0 Å². The van der Waals surface area contributed by atoms with E-state index in [1.807, 2.05) is 0 Å². The molecule has 0 heterocycles. The van der Waals surface area contributed by atoms with Gasteiger partial charge in [-0.3, -0.25) is 0 Å². The summed E-state index contributed by atoms with van der Waals surface area (Å²) in [6, 6.07) is 1.17. The molecule has 0 radical (unpaired) electrons. The molecule has 0 unspecified atom stereocenters. The van der Waals surface area contributed by atoms with Crippen LogP contribution >= 0.6 is 10.7 Å². The van der Waals surface area contributed by atoms with E-state index in [1.165, 1.54) is 13.2 Å². The average Bonchev–Trinajstić information content (AvgIpc) is 2.13. The van der Waals surface area contributed by atoms with E-state index in [1.54, 1.807) is 13.8 Å². The Morgan fingerprint density at radius 1 is 1.38 bits per heavy atom. The molecule has 0 saturated heterocycles. The summed E-state index contributed by atoms with van der Waals surface area (Å²) < 4.78 is 40.4. The molecule has 0 aliphatic rings. The molecule has 16 heavy (non-hydrogen) atoms. The van der Waals surface area contributed by atoms with Crippen LogP contribution < -0.4 is 4.74 Å². The second kappa shape index (κ2) is 4.59. The van der Waals surface area contributed by atoms with E-state index >= 15 is 0 Å². The van der Waals surface area contributed by atoms with E-state index in [0.29, 0.717) is 22.4 Å². The minimum absolute atomic E-state index is 0.315. The van der Waals surface area contributed by atoms with Gasteiger partial charge in [-0.1, -0.05) is 0 Å². The lowest BCUT2D eigenvalue weighted by atomic mass is 10.0. The molecule has 1 rings (SSSR count). The number of ether oxygens (including phenoxy) is 1. The third-order valence-electron chi connectivity index (χ3n) is 2.35. The SMILES string of the molecule is COc1c(C)c(F)cc(CS(=O)(=O)Cl)c1C. The number of halogens is 2. The van der Waals surface area contributed by atoms with Crippen LogP contribution in [0.4, 0.5) is 4.39 Å². The minimum Gasteiger partial charge on any atom is -0.496 e. The summed E-state index contributed by atoms with van der Waals surface area (Å²) in [6.07, 6.45) is 0. The molecule has 0 N–H and O–H groups in total. The van der Waals surface area contributed by atoms with Crippen LogP contribution in [0.3, 0.4) is 0 Å². The monoisotopic (exact) mass is 266 g/mol. The Labute approximate surface area is 98.6 Å². The van der Waals surface area contributed by atoms with Crippen molar-refractivity contribution in [2.75, 3.05) is 7.11 Å². The maximum absolute atomic E-state index is 13.5. The molecule has 0 amide bonds. The largest absolute Gasteiger partial charge is 0.496 e. The molecule has 0 atom stereocenters. The Balaban J connectivity index is 3.37. The number of hydrogen-bond acceptors (Lipinski definition) is 3. The highest BCUT2D eigenvalue weighted by atomic mass is 35.7. The Kier molecular flexibility index (Phi) is 3.80. The summed E-state index contributed by atoms with van der Waals surface area (Å²) in [4.78, 5) is 0. The Hall–Kier alpha value is -0.810. The van der Waals surface area contributed by atoms with Crippen molar-refractivity contribution < 1.29 is 17.5 Å². The standard InChI is InChI=1S/C10H12ClFO3S/c1-6-8(5-16(11,13)14)4-9(12)7(2)10(6)15-3/h4H,5H2,1-3H3. The Morgan fingerprint density at radius 3 is 2.38 bits per heavy atom. The molecule has 0 aliphatic carbocycles. The molecule has 0 saturated carbocycles. The van der Waals surface area contributed by atoms with Crippen molar-refractivity contribution in [3.63, 3.8) is 0 Å². The minimum atomic E-state index is -3.70. The van der Waals surface area contributed by atoms with Crippen molar-refractivity contribution in [3.8, 4) is 5.75 Å². The molecule has 0 spiro atoms. The van der Waals surface area contributed by atoms with Crippen LogP contribution in [0.2, 0.25) is 0 Å². The average molecular weight is 267 g/mol. The van der Waals surface area contributed by atoms with Crippen LogP contribution in [0.1, 0.15) is 16.7 Å². The third-order valence-corrected chi connectivity index (χ3v) is 3.34. The molecule has 6 heteroatoms. The normalized spacial score (nSPS) is 11.6. The van der Waals surface area contributed by atoms with Crippen LogP contribution in [-0.2, 0) is 14.8 Å². The molecule has 0 fully saturated rings. The molecule has 1 aromatic carbocycles. The van der Waals surface area contributed by atoms with E-state index in [4.69, 9.17) is 15.4 Å². The maximum Gasteiger partial charge on any atom is 0.236 e. The van der Waals surface area contributed by atoms with Gasteiger partial charge >= 0.3 is 0 Å². The van der Waals surface area contributed by atoms with Gasteiger partial charge in [0.1, 0.15) is 11.6 Å². The molecule has 1 aromatic rings. The summed E-state index contributed by atoms with van der Waals surface area (Å²) in [7, 11) is 2.84. The second-order valence-electron chi connectivity index (χ2n) is 3.48. The summed E-state index contributed by atoms with van der Waals surface area (Å²) in [5.41, 5.74) is 1.26. The first-order chi connectivity index (χ1) is 7.26. The molecule has 0 bridgehead atoms. The molecule has 0 aliphatic heterocycles. The number of benzene rings is 1. The highest BCUT2D eigenvalue weighted by Gasteiger charge is 2.17. The van der Waals surface area contributed by atoms with Crippen molar-refractivity contribution in [1.29, 1.82) is 0 Å². The fourth-order valence-electron chi connectivity index (χ4n) is 1.55. The van der Waals surface area contributed by atoms with Gasteiger partial charge in [-0.2, -0.15) is 0 Å². The number of rotatable bonds is 3. The van der Waals surface area contributed by atoms with Crippen LogP contribution in [0, 0.1) is 19.7 Å². The predicted octanol–water partition coefficient (Wildman–Crippen LogP) is 2.52. The van der Waals surface area contributed by atoms with Gasteiger partial charge < -0.3 is 4.74 Å². The summed E-state index contributed by atoms with van der Waals surface area (Å²) in [5, 5.41) is 0. The van der Waals surface area contributed by atoms with Crippen molar-refractivity contribution in [2.45, 2.75) is 19.6 Å². The fraction of sp³-hybridized carbons (Fsp3) is 0.400. The number of hydrogen-bond donors (Lipinski definition) is 0. The van der Waals surface area contributed by atoms with E-state index < -0.39 is 20.6 Å². The Bertz CT molecular complexity index is 511. The molecular weight excluding hydrogens is 255 g/mol. The van der Waals surface area contributed by atoms with Crippen molar-refractivity contribution in [3.05, 3.63) is 28.6 Å². The predicted molar refractivity (Wildman–Crippen MR) is 60.9 cm³/mol. The zero-order valence-electron chi connectivity index (χ0n) is 9.17. The highest BCUT2D eigenvalue weighted by Crippen LogP contribution is 2.29. The fourth-order valence-corrected chi connectivity index (χ4v) is 2.57. The van der Waals surface area contributed by atoms with E-state index in [0.717, 1.165) is 0 Å². The van der Waals surface area contributed by atoms with Gasteiger partial charge in [0, 0.05) is 16.2 Å². The second-order valence-corrected chi connectivity index (χ2v) is 6.26. The first kappa shape index (κ1) is 13.3. The topological polar surface area (TPSA) is 43.4 Å². The van der Waals surface area contributed by atoms with Gasteiger partial charge in [-0.05, 0) is 31.0 Å². The quantitative estimate of drug-likeness (QED) is 0.790. The van der Waals surface area contributed by atoms with Gasteiger partial charge in [0.15, 0.2) is 0 Å². The van der Waals surface area contributed by atoms with Gasteiger partial charge in [0.2, 0.25) is 9.05 Å². The van der Waals surface area contributed by atoms with Crippen LogP contribution in [0.15, 0.2) is 6.07 Å². The highest BCUT2D eigenvalue weighted by molar-refractivity contribution is 8.13. The van der Waals surface area contributed by atoms with Gasteiger partial charge in [-0.15, -0.1) is 0 Å². The molecular formula is C10H12ClFO3S. The Morgan fingerprint density at radius 2 is 1.94 bits per heavy atom. The third kappa shape index (κ3) is 2.86. The van der Waals surface area contributed by atoms with Crippen molar-refractivity contribution in [1.82, 2.24) is 0 Å². The van der Waals surface area contributed by atoms with Gasteiger partial charge in [0.05, 0.1) is 12.9 Å². The molecule has 0 aromatic heterocycles. The van der Waals surface area contributed by atoms with Crippen molar-refractivity contribution in [2.24, 2.45) is 0 Å². The van der Waals surface area contributed by atoms with Crippen LogP contribution in [-0.4, -0.2) is 15.5 Å². The zero-order valence-corrected chi connectivity index (χ0v) is 10.7. The lowest BCUT2D eigenvalue weighted by Gasteiger charge is -2.13. The first-order valence-corrected chi connectivity index (χ1v) is 6.99. The summed E-state index contributed by atoms with van der Waals surface area (Å²) in [6.45, 7) is 3.24. The zero-order chi connectivity index (χ0) is 12.5. The maximum atomic E-state index is 13.5. The lowest BCUT2D eigenvalue weighted by molar-refractivity contribution is 0.403. The first-order valence-electron chi connectivity index (χ1n) is 4.51. The summed E-state index contributed by atoms with van der Waals surface area (Å²) >= 11 is 0. The van der Waals surface area contributed by atoms with Crippen LogP contribution in [0.5, 0.6) is 5.75 Å². The number of methoxy groups -OCH3 is 1. The van der Waals surface area contributed by atoms with E-state index in [9.17, 15) is 12.8 Å².